The molecule has 0 radical (unpaired) electrons. The van der Waals surface area contributed by atoms with Gasteiger partial charge in [0, 0.05) is 25.2 Å². The van der Waals surface area contributed by atoms with Crippen LogP contribution in [0.25, 0.3) is 0 Å². The third-order valence-corrected chi connectivity index (χ3v) is 3.23. The van der Waals surface area contributed by atoms with E-state index in [1.807, 2.05) is 13.0 Å². The van der Waals surface area contributed by atoms with Gasteiger partial charge in [-0.25, -0.2) is 0 Å². The Labute approximate surface area is 107 Å². The first kappa shape index (κ1) is 12.8. The number of nitro benzene ring substituents is 1. The van der Waals surface area contributed by atoms with Crippen molar-refractivity contribution in [1.29, 1.82) is 0 Å². The second-order valence-corrected chi connectivity index (χ2v) is 4.79. The van der Waals surface area contributed by atoms with E-state index < -0.39 is 0 Å². The zero-order valence-electron chi connectivity index (χ0n) is 10.8. The normalized spacial score (nSPS) is 14.8. The van der Waals surface area contributed by atoms with Crippen LogP contribution in [-0.2, 0) is 6.54 Å². The van der Waals surface area contributed by atoms with E-state index in [4.69, 9.17) is 0 Å². The molecular formula is C13H19N3O2. The molecule has 0 bridgehead atoms. The van der Waals surface area contributed by atoms with Crippen LogP contribution in [0.15, 0.2) is 18.2 Å². The highest BCUT2D eigenvalue weighted by Crippen LogP contribution is 2.29. The maximum atomic E-state index is 11.0. The van der Waals surface area contributed by atoms with Gasteiger partial charge in [-0.2, -0.15) is 0 Å². The summed E-state index contributed by atoms with van der Waals surface area (Å²) in [6.07, 6.45) is 2.49. The van der Waals surface area contributed by atoms with Crippen molar-refractivity contribution in [2.45, 2.75) is 32.4 Å². The quantitative estimate of drug-likeness (QED) is 0.622. The highest BCUT2D eigenvalue weighted by molar-refractivity contribution is 5.62. The molecule has 98 valence electrons. The predicted octanol–water partition coefficient (Wildman–Crippen LogP) is 2.62. The van der Waals surface area contributed by atoms with E-state index in [1.54, 1.807) is 12.1 Å². The molecule has 5 nitrogen and oxygen atoms in total. The van der Waals surface area contributed by atoms with Crippen molar-refractivity contribution in [2.75, 3.05) is 18.9 Å². The fourth-order valence-corrected chi connectivity index (χ4v) is 2.10. The molecule has 1 N–H and O–H groups in total. The zero-order chi connectivity index (χ0) is 13.1. The molecular weight excluding hydrogens is 230 g/mol. The van der Waals surface area contributed by atoms with Crippen molar-refractivity contribution in [3.8, 4) is 0 Å². The smallest absolute Gasteiger partial charge is 0.292 e. The van der Waals surface area contributed by atoms with E-state index in [9.17, 15) is 10.1 Å². The molecule has 1 aliphatic carbocycles. The van der Waals surface area contributed by atoms with E-state index >= 15 is 0 Å². The Kier molecular flexibility index (Phi) is 3.81. The van der Waals surface area contributed by atoms with Gasteiger partial charge in [0.2, 0.25) is 0 Å². The molecule has 1 fully saturated rings. The van der Waals surface area contributed by atoms with Crippen LogP contribution in [-0.4, -0.2) is 29.5 Å². The van der Waals surface area contributed by atoms with Crippen LogP contribution >= 0.6 is 0 Å². The topological polar surface area (TPSA) is 58.4 Å². The number of anilines is 1. The maximum Gasteiger partial charge on any atom is 0.292 e. The number of nitrogens with zero attached hydrogens (tertiary/aromatic N) is 2. The lowest BCUT2D eigenvalue weighted by atomic mass is 10.1. The summed E-state index contributed by atoms with van der Waals surface area (Å²) in [5.74, 6) is 0. The van der Waals surface area contributed by atoms with Gasteiger partial charge >= 0.3 is 0 Å². The molecule has 0 unspecified atom stereocenters. The number of hydrogen-bond donors (Lipinski definition) is 1. The Hall–Kier alpha value is -1.62. The van der Waals surface area contributed by atoms with Crippen LogP contribution in [0.1, 0.15) is 25.3 Å². The van der Waals surface area contributed by atoms with E-state index in [2.05, 4.69) is 17.3 Å². The van der Waals surface area contributed by atoms with E-state index in [-0.39, 0.29) is 10.6 Å². The molecule has 5 heteroatoms. The highest BCUT2D eigenvalue weighted by Gasteiger charge is 2.26. The Morgan fingerprint density at radius 2 is 2.22 bits per heavy atom. The molecule has 1 aromatic rings. The fraction of sp³-hybridized carbons (Fsp3) is 0.538. The Morgan fingerprint density at radius 3 is 2.78 bits per heavy atom. The minimum atomic E-state index is -0.321. The third kappa shape index (κ3) is 2.98. The summed E-state index contributed by atoms with van der Waals surface area (Å²) < 4.78 is 0. The van der Waals surface area contributed by atoms with Gasteiger partial charge in [0.05, 0.1) is 4.92 Å². The first-order valence-electron chi connectivity index (χ1n) is 6.33. The summed E-state index contributed by atoms with van der Waals surface area (Å²) in [6, 6.07) is 6.11. The molecule has 1 aromatic carbocycles. The first-order chi connectivity index (χ1) is 8.61. The molecule has 1 saturated carbocycles. The molecule has 2 rings (SSSR count). The molecule has 0 saturated heterocycles. The van der Waals surface area contributed by atoms with Gasteiger partial charge in [0.15, 0.2) is 0 Å². The molecule has 0 heterocycles. The standard InChI is InChI=1S/C13H19N3O2/c1-3-14-12-7-4-10(8-13(12)16(17)18)9-15(2)11-5-6-11/h4,7-8,11,14H,3,5-6,9H2,1-2H3. The molecule has 0 aromatic heterocycles. The van der Waals surface area contributed by atoms with Gasteiger partial charge in [0.1, 0.15) is 5.69 Å². The van der Waals surface area contributed by atoms with Crippen LogP contribution in [0.4, 0.5) is 11.4 Å². The molecule has 1 aliphatic rings. The molecule has 18 heavy (non-hydrogen) atoms. The number of hydrogen-bond acceptors (Lipinski definition) is 4. The predicted molar refractivity (Wildman–Crippen MR) is 71.7 cm³/mol. The van der Waals surface area contributed by atoms with Gasteiger partial charge in [-0.05, 0) is 38.4 Å². The van der Waals surface area contributed by atoms with Crippen molar-refractivity contribution in [2.24, 2.45) is 0 Å². The summed E-state index contributed by atoms with van der Waals surface area (Å²) >= 11 is 0. The largest absolute Gasteiger partial charge is 0.380 e. The average Bonchev–Trinajstić information content (AvgIpc) is 3.15. The Balaban J connectivity index is 2.16. The van der Waals surface area contributed by atoms with Crippen molar-refractivity contribution < 1.29 is 4.92 Å². The van der Waals surface area contributed by atoms with Crippen LogP contribution in [0.2, 0.25) is 0 Å². The molecule has 0 amide bonds. The van der Waals surface area contributed by atoms with Crippen molar-refractivity contribution in [3.63, 3.8) is 0 Å². The Morgan fingerprint density at radius 1 is 1.50 bits per heavy atom. The summed E-state index contributed by atoms with van der Waals surface area (Å²) in [4.78, 5) is 13.0. The average molecular weight is 249 g/mol. The monoisotopic (exact) mass is 249 g/mol. The van der Waals surface area contributed by atoms with Crippen molar-refractivity contribution >= 4 is 11.4 Å². The maximum absolute atomic E-state index is 11.0. The van der Waals surface area contributed by atoms with Crippen LogP contribution in [0.3, 0.4) is 0 Å². The fourth-order valence-electron chi connectivity index (χ4n) is 2.10. The van der Waals surface area contributed by atoms with Crippen LogP contribution in [0, 0.1) is 10.1 Å². The minimum absolute atomic E-state index is 0.165. The van der Waals surface area contributed by atoms with E-state index in [0.717, 1.165) is 12.1 Å². The molecule has 0 spiro atoms. The lowest BCUT2D eigenvalue weighted by molar-refractivity contribution is -0.384. The van der Waals surface area contributed by atoms with Gasteiger partial charge < -0.3 is 5.32 Å². The summed E-state index contributed by atoms with van der Waals surface area (Å²) in [5, 5.41) is 14.1. The van der Waals surface area contributed by atoms with Gasteiger partial charge in [0.25, 0.3) is 5.69 Å². The van der Waals surface area contributed by atoms with Crippen molar-refractivity contribution in [3.05, 3.63) is 33.9 Å². The minimum Gasteiger partial charge on any atom is -0.380 e. The second-order valence-electron chi connectivity index (χ2n) is 4.79. The van der Waals surface area contributed by atoms with Crippen molar-refractivity contribution in [1.82, 2.24) is 4.90 Å². The van der Waals surface area contributed by atoms with Gasteiger partial charge in [-0.3, -0.25) is 15.0 Å². The third-order valence-electron chi connectivity index (χ3n) is 3.23. The van der Waals surface area contributed by atoms with E-state index in [1.165, 1.54) is 12.8 Å². The van der Waals surface area contributed by atoms with Gasteiger partial charge in [-0.1, -0.05) is 6.07 Å². The van der Waals surface area contributed by atoms with Crippen LogP contribution < -0.4 is 5.32 Å². The summed E-state index contributed by atoms with van der Waals surface area (Å²) in [5.41, 5.74) is 1.76. The molecule has 0 atom stereocenters. The summed E-state index contributed by atoms with van der Waals surface area (Å²) in [7, 11) is 2.07. The zero-order valence-corrected chi connectivity index (χ0v) is 10.8. The van der Waals surface area contributed by atoms with Crippen LogP contribution in [0.5, 0.6) is 0 Å². The lowest BCUT2D eigenvalue weighted by Gasteiger charge is -2.16. The second kappa shape index (κ2) is 5.35. The number of nitro groups is 1. The SMILES string of the molecule is CCNc1ccc(CN(C)C2CC2)cc1[N+](=O)[O-]. The highest BCUT2D eigenvalue weighted by atomic mass is 16.6. The van der Waals surface area contributed by atoms with Gasteiger partial charge in [-0.15, -0.1) is 0 Å². The molecule has 0 aliphatic heterocycles. The number of rotatable bonds is 6. The first-order valence-corrected chi connectivity index (χ1v) is 6.33. The lowest BCUT2D eigenvalue weighted by Crippen LogP contribution is -2.20. The number of nitrogens with one attached hydrogen (secondary N) is 1. The number of benzene rings is 1. The van der Waals surface area contributed by atoms with E-state index in [0.29, 0.717) is 18.3 Å². The summed E-state index contributed by atoms with van der Waals surface area (Å²) in [6.45, 7) is 3.39. The Bertz CT molecular complexity index is 444.